The van der Waals surface area contributed by atoms with Crippen LogP contribution in [0.4, 0.5) is 5.95 Å². The van der Waals surface area contributed by atoms with Gasteiger partial charge in [-0.05, 0) is 46.5 Å². The van der Waals surface area contributed by atoms with Gasteiger partial charge in [-0.15, -0.1) is 0 Å². The first kappa shape index (κ1) is 16.2. The van der Waals surface area contributed by atoms with Gasteiger partial charge in [0, 0.05) is 42.6 Å². The molecule has 1 aromatic rings. The fourth-order valence-electron chi connectivity index (χ4n) is 2.75. The topological polar surface area (TPSA) is 41.1 Å². The maximum absolute atomic E-state index is 4.74. The molecule has 2 rings (SSSR count). The van der Waals surface area contributed by atoms with Gasteiger partial charge in [-0.25, -0.2) is 9.97 Å². The monoisotopic (exact) mass is 290 g/mol. The Kier molecular flexibility index (Phi) is 5.20. The molecule has 118 valence electrons. The normalized spacial score (nSPS) is 19.9. The molecule has 2 heterocycles. The van der Waals surface area contributed by atoms with Crippen molar-refractivity contribution >= 4 is 5.95 Å². The third kappa shape index (κ3) is 4.67. The Labute approximate surface area is 129 Å². The van der Waals surface area contributed by atoms with Crippen molar-refractivity contribution < 1.29 is 0 Å². The van der Waals surface area contributed by atoms with Gasteiger partial charge in [0.25, 0.3) is 0 Å². The quantitative estimate of drug-likeness (QED) is 0.924. The summed E-state index contributed by atoms with van der Waals surface area (Å²) in [4.78, 5) is 11.7. The number of rotatable bonds is 4. The standard InChI is InChI=1S/C17H30N4/c1-6-14-8-7-9-21(12-14)16-18-10-15(13(2)20-16)11-19-17(3,4)5/h10,14,19H,6-9,11-12H2,1-5H3. The van der Waals surface area contributed by atoms with Crippen LogP contribution in [-0.4, -0.2) is 28.6 Å². The third-order valence-electron chi connectivity index (χ3n) is 4.26. The van der Waals surface area contributed by atoms with Crippen LogP contribution in [0.3, 0.4) is 0 Å². The van der Waals surface area contributed by atoms with Crippen molar-refractivity contribution in [3.8, 4) is 0 Å². The summed E-state index contributed by atoms with van der Waals surface area (Å²) in [7, 11) is 0. The highest BCUT2D eigenvalue weighted by molar-refractivity contribution is 5.33. The highest BCUT2D eigenvalue weighted by Gasteiger charge is 2.21. The number of piperidine rings is 1. The van der Waals surface area contributed by atoms with Gasteiger partial charge in [0.1, 0.15) is 0 Å². The molecule has 0 radical (unpaired) electrons. The molecular weight excluding hydrogens is 260 g/mol. The molecule has 1 atom stereocenters. The lowest BCUT2D eigenvalue weighted by Gasteiger charge is -2.32. The molecule has 1 aliphatic rings. The van der Waals surface area contributed by atoms with Crippen molar-refractivity contribution in [2.45, 2.75) is 66.0 Å². The van der Waals surface area contributed by atoms with Crippen LogP contribution in [0, 0.1) is 12.8 Å². The first-order valence-electron chi connectivity index (χ1n) is 8.21. The summed E-state index contributed by atoms with van der Waals surface area (Å²) in [6.45, 7) is 13.9. The van der Waals surface area contributed by atoms with Crippen molar-refractivity contribution in [3.05, 3.63) is 17.5 Å². The summed E-state index contributed by atoms with van der Waals surface area (Å²) >= 11 is 0. The predicted molar refractivity (Wildman–Crippen MR) is 88.6 cm³/mol. The Bertz CT molecular complexity index is 464. The highest BCUT2D eigenvalue weighted by Crippen LogP contribution is 2.23. The van der Waals surface area contributed by atoms with E-state index in [9.17, 15) is 0 Å². The second kappa shape index (κ2) is 6.73. The van der Waals surface area contributed by atoms with E-state index < -0.39 is 0 Å². The molecule has 4 nitrogen and oxygen atoms in total. The summed E-state index contributed by atoms with van der Waals surface area (Å²) in [6, 6.07) is 0. The predicted octanol–water partition coefficient (Wildman–Crippen LogP) is 3.30. The van der Waals surface area contributed by atoms with E-state index in [0.717, 1.165) is 37.2 Å². The number of aromatic nitrogens is 2. The number of anilines is 1. The average molecular weight is 290 g/mol. The van der Waals surface area contributed by atoms with Crippen LogP contribution in [-0.2, 0) is 6.54 Å². The Morgan fingerprint density at radius 2 is 2.14 bits per heavy atom. The molecule has 0 amide bonds. The van der Waals surface area contributed by atoms with Crippen LogP contribution in [0.5, 0.6) is 0 Å². The van der Waals surface area contributed by atoms with Gasteiger partial charge in [0.05, 0.1) is 0 Å². The van der Waals surface area contributed by atoms with E-state index in [1.54, 1.807) is 0 Å². The van der Waals surface area contributed by atoms with Gasteiger partial charge in [-0.3, -0.25) is 0 Å². The average Bonchev–Trinajstić information content (AvgIpc) is 2.45. The molecule has 1 N–H and O–H groups in total. The van der Waals surface area contributed by atoms with Crippen LogP contribution in [0.15, 0.2) is 6.20 Å². The van der Waals surface area contributed by atoms with Crippen molar-refractivity contribution in [2.75, 3.05) is 18.0 Å². The van der Waals surface area contributed by atoms with Crippen molar-refractivity contribution in [3.63, 3.8) is 0 Å². The molecule has 0 saturated carbocycles. The minimum absolute atomic E-state index is 0.117. The number of hydrogen-bond acceptors (Lipinski definition) is 4. The largest absolute Gasteiger partial charge is 0.341 e. The zero-order valence-corrected chi connectivity index (χ0v) is 14.2. The van der Waals surface area contributed by atoms with E-state index in [4.69, 9.17) is 4.98 Å². The molecule has 0 bridgehead atoms. The highest BCUT2D eigenvalue weighted by atomic mass is 15.3. The van der Waals surface area contributed by atoms with Gasteiger partial charge in [0.15, 0.2) is 0 Å². The van der Waals surface area contributed by atoms with E-state index in [2.05, 4.69) is 49.8 Å². The molecular formula is C17H30N4. The van der Waals surface area contributed by atoms with Crippen molar-refractivity contribution in [2.24, 2.45) is 5.92 Å². The summed E-state index contributed by atoms with van der Waals surface area (Å²) in [5, 5.41) is 3.50. The van der Waals surface area contributed by atoms with E-state index >= 15 is 0 Å². The first-order chi connectivity index (χ1) is 9.89. The van der Waals surface area contributed by atoms with E-state index in [1.807, 2.05) is 6.20 Å². The molecule has 1 unspecified atom stereocenters. The zero-order chi connectivity index (χ0) is 15.5. The molecule has 1 saturated heterocycles. The second-order valence-electron chi connectivity index (χ2n) is 7.25. The third-order valence-corrected chi connectivity index (χ3v) is 4.26. The van der Waals surface area contributed by atoms with E-state index in [0.29, 0.717) is 0 Å². The summed E-state index contributed by atoms with van der Waals surface area (Å²) in [5.41, 5.74) is 2.40. The summed E-state index contributed by atoms with van der Waals surface area (Å²) in [5.74, 6) is 1.70. The van der Waals surface area contributed by atoms with Crippen LogP contribution in [0.2, 0.25) is 0 Å². The van der Waals surface area contributed by atoms with Gasteiger partial charge in [0.2, 0.25) is 5.95 Å². The number of hydrogen-bond donors (Lipinski definition) is 1. The molecule has 0 aliphatic carbocycles. The smallest absolute Gasteiger partial charge is 0.225 e. The lowest BCUT2D eigenvalue weighted by molar-refractivity contribution is 0.400. The first-order valence-corrected chi connectivity index (χ1v) is 8.21. The van der Waals surface area contributed by atoms with Gasteiger partial charge in [-0.2, -0.15) is 0 Å². The van der Waals surface area contributed by atoms with Gasteiger partial charge in [-0.1, -0.05) is 13.3 Å². The Morgan fingerprint density at radius 3 is 2.76 bits per heavy atom. The molecule has 4 heteroatoms. The van der Waals surface area contributed by atoms with Crippen LogP contribution < -0.4 is 10.2 Å². The number of nitrogens with zero attached hydrogens (tertiary/aromatic N) is 3. The van der Waals surface area contributed by atoms with Crippen molar-refractivity contribution in [1.82, 2.24) is 15.3 Å². The Morgan fingerprint density at radius 1 is 1.38 bits per heavy atom. The lowest BCUT2D eigenvalue weighted by atomic mass is 9.96. The Hall–Kier alpha value is -1.16. The second-order valence-corrected chi connectivity index (χ2v) is 7.25. The summed E-state index contributed by atoms with van der Waals surface area (Å²) in [6.07, 6.45) is 5.85. The lowest BCUT2D eigenvalue weighted by Crippen LogP contribution is -2.37. The van der Waals surface area contributed by atoms with E-state index in [-0.39, 0.29) is 5.54 Å². The van der Waals surface area contributed by atoms with Crippen LogP contribution in [0.1, 0.15) is 58.2 Å². The van der Waals surface area contributed by atoms with Gasteiger partial charge < -0.3 is 10.2 Å². The summed E-state index contributed by atoms with van der Waals surface area (Å²) < 4.78 is 0. The Balaban J connectivity index is 2.04. The van der Waals surface area contributed by atoms with Crippen LogP contribution in [0.25, 0.3) is 0 Å². The molecule has 1 aliphatic heterocycles. The van der Waals surface area contributed by atoms with Gasteiger partial charge >= 0.3 is 0 Å². The number of aryl methyl sites for hydroxylation is 1. The fraction of sp³-hybridized carbons (Fsp3) is 0.765. The fourth-order valence-corrected chi connectivity index (χ4v) is 2.75. The molecule has 0 aromatic carbocycles. The maximum Gasteiger partial charge on any atom is 0.225 e. The minimum Gasteiger partial charge on any atom is -0.341 e. The molecule has 0 spiro atoms. The SMILES string of the molecule is CCC1CCCN(c2ncc(CNC(C)(C)C)c(C)n2)C1. The van der Waals surface area contributed by atoms with Crippen LogP contribution >= 0.6 is 0 Å². The number of nitrogens with one attached hydrogen (secondary N) is 1. The molecule has 1 fully saturated rings. The maximum atomic E-state index is 4.74. The molecule has 21 heavy (non-hydrogen) atoms. The molecule has 1 aromatic heterocycles. The zero-order valence-electron chi connectivity index (χ0n) is 14.2. The van der Waals surface area contributed by atoms with Crippen molar-refractivity contribution in [1.29, 1.82) is 0 Å². The minimum atomic E-state index is 0.117. The van der Waals surface area contributed by atoms with E-state index in [1.165, 1.54) is 24.8 Å².